The van der Waals surface area contributed by atoms with Crippen LogP contribution in [0.1, 0.15) is 33.1 Å². The van der Waals surface area contributed by atoms with E-state index >= 15 is 0 Å². The quantitative estimate of drug-likeness (QED) is 0.855. The molecule has 2 atom stereocenters. The first-order valence-corrected chi connectivity index (χ1v) is 7.36. The molecule has 2 unspecified atom stereocenters. The van der Waals surface area contributed by atoms with Crippen molar-refractivity contribution >= 4 is 11.6 Å². The van der Waals surface area contributed by atoms with Crippen molar-refractivity contribution < 1.29 is 4.39 Å². The third-order valence-electron chi connectivity index (χ3n) is 4.59. The Morgan fingerprint density at radius 3 is 2.40 bits per heavy atom. The maximum absolute atomic E-state index is 13.1. The second-order valence-corrected chi connectivity index (χ2v) is 6.56. The van der Waals surface area contributed by atoms with E-state index in [1.807, 2.05) is 0 Å². The van der Waals surface area contributed by atoms with Crippen LogP contribution in [0, 0.1) is 17.7 Å². The first-order chi connectivity index (χ1) is 9.50. The molecule has 108 valence electrons. The highest BCUT2D eigenvalue weighted by Gasteiger charge is 2.47. The molecule has 1 aromatic rings. The number of nitrogens with zero attached hydrogens (tertiary/aromatic N) is 2. The Morgan fingerprint density at radius 2 is 1.80 bits per heavy atom. The fourth-order valence-electron chi connectivity index (χ4n) is 4.15. The van der Waals surface area contributed by atoms with Crippen LogP contribution in [0.5, 0.6) is 0 Å². The summed E-state index contributed by atoms with van der Waals surface area (Å²) in [4.78, 5) is 6.63. The Morgan fingerprint density at radius 1 is 1.20 bits per heavy atom. The Bertz CT molecular complexity index is 513. The maximum Gasteiger partial charge on any atom is 0.196 e. The van der Waals surface area contributed by atoms with Crippen LogP contribution < -0.4 is 10.6 Å². The molecule has 0 amide bonds. The summed E-state index contributed by atoms with van der Waals surface area (Å²) >= 11 is 0. The minimum absolute atomic E-state index is 0.0149. The molecule has 20 heavy (non-hydrogen) atoms. The number of hydrogen-bond donors (Lipinski definition) is 1. The molecule has 2 aliphatic rings. The summed E-state index contributed by atoms with van der Waals surface area (Å²) in [6, 6.07) is 6.58. The van der Waals surface area contributed by atoms with Gasteiger partial charge in [-0.2, -0.15) is 0 Å². The Hall–Kier alpha value is -1.58. The smallest absolute Gasteiger partial charge is 0.196 e. The molecular weight excluding hydrogens is 253 g/mol. The van der Waals surface area contributed by atoms with Crippen LogP contribution >= 0.6 is 0 Å². The van der Waals surface area contributed by atoms with Crippen molar-refractivity contribution in [1.29, 1.82) is 0 Å². The highest BCUT2D eigenvalue weighted by Crippen LogP contribution is 2.44. The lowest BCUT2D eigenvalue weighted by molar-refractivity contribution is 0.197. The van der Waals surface area contributed by atoms with E-state index in [0.717, 1.165) is 25.1 Å². The second-order valence-electron chi connectivity index (χ2n) is 6.56. The third-order valence-corrected chi connectivity index (χ3v) is 4.59. The molecule has 0 bridgehead atoms. The van der Waals surface area contributed by atoms with Gasteiger partial charge in [-0.05, 0) is 55.4 Å². The van der Waals surface area contributed by atoms with Gasteiger partial charge in [0.25, 0.3) is 0 Å². The molecule has 3 nitrogen and oxygen atoms in total. The van der Waals surface area contributed by atoms with Crippen molar-refractivity contribution in [3.8, 4) is 0 Å². The third kappa shape index (κ3) is 2.17. The number of nitrogens with two attached hydrogens (primary N) is 1. The van der Waals surface area contributed by atoms with E-state index in [9.17, 15) is 4.39 Å². The predicted molar refractivity (Wildman–Crippen MR) is 80.3 cm³/mol. The summed E-state index contributed by atoms with van der Waals surface area (Å²) in [5, 5.41) is 0. The summed E-state index contributed by atoms with van der Waals surface area (Å²) in [6.45, 7) is 5.36. The lowest BCUT2D eigenvalue weighted by Crippen LogP contribution is -2.55. The van der Waals surface area contributed by atoms with E-state index < -0.39 is 0 Å². The van der Waals surface area contributed by atoms with E-state index in [1.54, 1.807) is 12.1 Å². The average molecular weight is 275 g/mol. The molecule has 1 saturated carbocycles. The van der Waals surface area contributed by atoms with Crippen LogP contribution in [-0.2, 0) is 0 Å². The van der Waals surface area contributed by atoms with Crippen molar-refractivity contribution in [3.05, 3.63) is 30.1 Å². The fraction of sp³-hybridized carbons (Fsp3) is 0.562. The minimum Gasteiger partial charge on any atom is -0.369 e. The monoisotopic (exact) mass is 275 g/mol. The summed E-state index contributed by atoms with van der Waals surface area (Å²) in [5.74, 6) is 1.69. The molecule has 0 radical (unpaired) electrons. The van der Waals surface area contributed by atoms with E-state index in [1.165, 1.54) is 18.6 Å². The Balaban J connectivity index is 1.97. The van der Waals surface area contributed by atoms with Gasteiger partial charge in [0.15, 0.2) is 5.96 Å². The van der Waals surface area contributed by atoms with Crippen LogP contribution in [0.15, 0.2) is 29.3 Å². The molecule has 1 aromatic carbocycles. The van der Waals surface area contributed by atoms with Gasteiger partial charge in [-0.15, -0.1) is 0 Å². The van der Waals surface area contributed by atoms with Gasteiger partial charge in [-0.3, -0.25) is 4.99 Å². The topological polar surface area (TPSA) is 41.6 Å². The molecule has 4 heteroatoms. The minimum atomic E-state index is -0.220. The molecule has 1 aliphatic heterocycles. The first kappa shape index (κ1) is 13.4. The fourth-order valence-corrected chi connectivity index (χ4v) is 4.15. The Labute approximate surface area is 119 Å². The van der Waals surface area contributed by atoms with Gasteiger partial charge in [-0.1, -0.05) is 13.8 Å². The zero-order valence-corrected chi connectivity index (χ0v) is 12.1. The van der Waals surface area contributed by atoms with Gasteiger partial charge in [-0.25, -0.2) is 4.39 Å². The highest BCUT2D eigenvalue weighted by atomic mass is 19.1. The highest BCUT2D eigenvalue weighted by molar-refractivity contribution is 5.98. The Kier molecular flexibility index (Phi) is 3.19. The number of hydrogen-bond acceptors (Lipinski definition) is 3. The summed E-state index contributed by atoms with van der Waals surface area (Å²) in [5.41, 5.74) is 7.06. The van der Waals surface area contributed by atoms with E-state index in [2.05, 4.69) is 23.7 Å². The molecule has 1 heterocycles. The maximum atomic E-state index is 13.1. The zero-order chi connectivity index (χ0) is 14.3. The summed E-state index contributed by atoms with van der Waals surface area (Å²) in [6.07, 6.45) is 3.46. The van der Waals surface area contributed by atoms with Gasteiger partial charge < -0.3 is 10.6 Å². The molecule has 1 spiro atoms. The molecule has 2 N–H and O–H groups in total. The second kappa shape index (κ2) is 4.76. The van der Waals surface area contributed by atoms with Crippen LogP contribution in [0.25, 0.3) is 0 Å². The van der Waals surface area contributed by atoms with Crippen molar-refractivity contribution in [1.82, 2.24) is 0 Å². The van der Waals surface area contributed by atoms with Gasteiger partial charge >= 0.3 is 0 Å². The van der Waals surface area contributed by atoms with Crippen LogP contribution in [0.4, 0.5) is 10.1 Å². The predicted octanol–water partition coefficient (Wildman–Crippen LogP) is 3.16. The number of rotatable bonds is 1. The zero-order valence-electron chi connectivity index (χ0n) is 12.1. The summed E-state index contributed by atoms with van der Waals surface area (Å²) in [7, 11) is 0. The van der Waals surface area contributed by atoms with Crippen LogP contribution in [0.3, 0.4) is 0 Å². The normalized spacial score (nSPS) is 33.5. The van der Waals surface area contributed by atoms with E-state index in [-0.39, 0.29) is 11.4 Å². The van der Waals surface area contributed by atoms with Crippen LogP contribution in [-0.4, -0.2) is 18.0 Å². The standard InChI is InChI=1S/C16H22FN3/c1-11-7-12(2)9-16(8-11)10-19-15(18)20(16)14-5-3-13(17)4-6-14/h3-6,11-12H,7-10H2,1-2H3,(H2,18,19). The van der Waals surface area contributed by atoms with Gasteiger partial charge in [0.05, 0.1) is 12.1 Å². The number of guanidine groups is 1. The number of halogens is 1. The van der Waals surface area contributed by atoms with E-state index in [0.29, 0.717) is 17.8 Å². The molecule has 1 aliphatic carbocycles. The van der Waals surface area contributed by atoms with Crippen molar-refractivity contribution in [2.24, 2.45) is 22.6 Å². The van der Waals surface area contributed by atoms with E-state index in [4.69, 9.17) is 5.73 Å². The lowest BCUT2D eigenvalue weighted by atomic mass is 9.71. The molecule has 3 rings (SSSR count). The SMILES string of the molecule is CC1CC(C)CC2(CN=C(N)N2c2ccc(F)cc2)C1. The summed E-state index contributed by atoms with van der Waals surface area (Å²) < 4.78 is 13.1. The van der Waals surface area contributed by atoms with Gasteiger partial charge in [0.1, 0.15) is 5.82 Å². The van der Waals surface area contributed by atoms with Crippen LogP contribution in [0.2, 0.25) is 0 Å². The number of aliphatic imine (C=N–C) groups is 1. The molecular formula is C16H22FN3. The van der Waals surface area contributed by atoms with Gasteiger partial charge in [0, 0.05) is 5.69 Å². The molecule has 0 aromatic heterocycles. The number of benzene rings is 1. The molecule has 0 saturated heterocycles. The molecule has 1 fully saturated rings. The van der Waals surface area contributed by atoms with Crippen molar-refractivity contribution in [3.63, 3.8) is 0 Å². The van der Waals surface area contributed by atoms with Crippen molar-refractivity contribution in [2.45, 2.75) is 38.6 Å². The van der Waals surface area contributed by atoms with Gasteiger partial charge in [0.2, 0.25) is 0 Å². The lowest BCUT2D eigenvalue weighted by Gasteiger charge is -2.46. The first-order valence-electron chi connectivity index (χ1n) is 7.36. The van der Waals surface area contributed by atoms with Crippen molar-refractivity contribution in [2.75, 3.05) is 11.4 Å². The largest absolute Gasteiger partial charge is 0.369 e. The number of anilines is 1. The average Bonchev–Trinajstić information content (AvgIpc) is 2.66.